The average molecular weight is 636 g/mol. The second-order valence-electron chi connectivity index (χ2n) is 12.3. The SMILES string of the molecule is COc1ncc(Cl)cc1Nc1nccc(-c2cc(C#N)c3c(c2)C(C)(COCCN2CCOCC2)CN3C(=O)OC(C)(C)C)n1. The third-order valence-corrected chi connectivity index (χ3v) is 7.76. The number of pyridine rings is 1. The molecule has 1 N–H and O–H groups in total. The number of methoxy groups -OCH3 is 1. The van der Waals surface area contributed by atoms with Crippen LogP contribution in [0.2, 0.25) is 5.02 Å². The molecule has 5 rings (SSSR count). The van der Waals surface area contributed by atoms with E-state index >= 15 is 0 Å². The van der Waals surface area contributed by atoms with E-state index < -0.39 is 17.1 Å². The lowest BCUT2D eigenvalue weighted by Gasteiger charge is -2.29. The largest absolute Gasteiger partial charge is 0.480 e. The summed E-state index contributed by atoms with van der Waals surface area (Å²) in [5, 5.41) is 13.9. The van der Waals surface area contributed by atoms with Crippen molar-refractivity contribution in [2.75, 3.05) is 69.9 Å². The molecule has 3 aromatic rings. The Morgan fingerprint density at radius 3 is 2.71 bits per heavy atom. The first-order valence-corrected chi connectivity index (χ1v) is 15.1. The molecule has 0 radical (unpaired) electrons. The van der Waals surface area contributed by atoms with E-state index in [1.807, 2.05) is 33.8 Å². The van der Waals surface area contributed by atoms with Crippen LogP contribution >= 0.6 is 11.6 Å². The first kappa shape index (κ1) is 32.4. The van der Waals surface area contributed by atoms with E-state index in [1.54, 1.807) is 29.3 Å². The number of amides is 1. The summed E-state index contributed by atoms with van der Waals surface area (Å²) in [5.41, 5.74) is 2.11. The summed E-state index contributed by atoms with van der Waals surface area (Å²) in [4.78, 5) is 30.6. The Labute approximate surface area is 268 Å². The molecule has 1 atom stereocenters. The van der Waals surface area contributed by atoms with E-state index in [4.69, 9.17) is 35.5 Å². The standard InChI is InChI=1S/C32H38ClN7O5/c1-31(2,3)45-30(41)40-19-32(4,20-44-13-10-39-8-11-43-12-9-39)24-15-21(14-22(17-34)27(24)40)25-6-7-35-29(37-25)38-26-16-23(33)18-36-28(26)42-5/h6-7,14-16,18H,8-13,19-20H2,1-5H3,(H,35,37,38). The maximum atomic E-state index is 13.4. The summed E-state index contributed by atoms with van der Waals surface area (Å²) in [7, 11) is 1.51. The van der Waals surface area contributed by atoms with E-state index in [0.29, 0.717) is 64.8 Å². The minimum atomic E-state index is -0.705. The zero-order valence-electron chi connectivity index (χ0n) is 26.2. The average Bonchev–Trinajstić information content (AvgIpc) is 3.31. The van der Waals surface area contributed by atoms with Gasteiger partial charge in [-0.05, 0) is 50.6 Å². The molecule has 1 unspecified atom stereocenters. The van der Waals surface area contributed by atoms with Gasteiger partial charge in [-0.15, -0.1) is 0 Å². The highest BCUT2D eigenvalue weighted by atomic mass is 35.5. The lowest BCUT2D eigenvalue weighted by molar-refractivity contribution is 0.0145. The topological polar surface area (TPSA) is 135 Å². The number of halogens is 1. The van der Waals surface area contributed by atoms with Crippen molar-refractivity contribution in [3.05, 3.63) is 52.8 Å². The van der Waals surface area contributed by atoms with Crippen molar-refractivity contribution < 1.29 is 23.7 Å². The Balaban J connectivity index is 1.47. The highest BCUT2D eigenvalue weighted by Gasteiger charge is 2.45. The van der Waals surface area contributed by atoms with Crippen LogP contribution in [0, 0.1) is 11.3 Å². The first-order chi connectivity index (χ1) is 21.5. The van der Waals surface area contributed by atoms with Gasteiger partial charge in [-0.1, -0.05) is 18.5 Å². The molecule has 4 heterocycles. The number of carbonyl (C=O) groups is 1. The molecule has 1 amide bonds. The van der Waals surface area contributed by atoms with Crippen molar-refractivity contribution in [1.82, 2.24) is 19.9 Å². The van der Waals surface area contributed by atoms with Crippen LogP contribution in [-0.2, 0) is 19.6 Å². The molecule has 12 nitrogen and oxygen atoms in total. The molecule has 2 aliphatic rings. The Kier molecular flexibility index (Phi) is 9.74. The number of benzene rings is 1. The lowest BCUT2D eigenvalue weighted by atomic mass is 9.83. The van der Waals surface area contributed by atoms with Gasteiger partial charge in [-0.25, -0.2) is 19.7 Å². The Hall–Kier alpha value is -4.02. The lowest BCUT2D eigenvalue weighted by Crippen LogP contribution is -2.42. The minimum Gasteiger partial charge on any atom is -0.480 e. The fourth-order valence-electron chi connectivity index (χ4n) is 5.42. The van der Waals surface area contributed by atoms with Gasteiger partial charge in [-0.3, -0.25) is 9.80 Å². The zero-order chi connectivity index (χ0) is 32.2. The fraction of sp³-hybridized carbons (Fsp3) is 0.469. The van der Waals surface area contributed by atoms with Gasteiger partial charge in [0.15, 0.2) is 0 Å². The molecule has 238 valence electrons. The van der Waals surface area contributed by atoms with Crippen LogP contribution < -0.4 is 15.0 Å². The van der Waals surface area contributed by atoms with Crippen LogP contribution in [0.15, 0.2) is 36.7 Å². The highest BCUT2D eigenvalue weighted by molar-refractivity contribution is 6.30. The third kappa shape index (κ3) is 7.62. The van der Waals surface area contributed by atoms with E-state index in [0.717, 1.165) is 38.4 Å². The van der Waals surface area contributed by atoms with E-state index in [9.17, 15) is 10.1 Å². The normalized spacial score (nSPS) is 18.3. The molecule has 0 spiro atoms. The van der Waals surface area contributed by atoms with Gasteiger partial charge in [0.25, 0.3) is 0 Å². The first-order valence-electron chi connectivity index (χ1n) is 14.8. The molecule has 1 aromatic carbocycles. The zero-order valence-corrected chi connectivity index (χ0v) is 27.0. The van der Waals surface area contributed by atoms with Crippen LogP contribution in [-0.4, -0.2) is 91.3 Å². The van der Waals surface area contributed by atoms with Crippen molar-refractivity contribution in [2.45, 2.75) is 38.7 Å². The predicted molar refractivity (Wildman–Crippen MR) is 170 cm³/mol. The number of nitriles is 1. The molecule has 0 saturated carbocycles. The number of hydrogen-bond donors (Lipinski definition) is 1. The molecular weight excluding hydrogens is 598 g/mol. The van der Waals surface area contributed by atoms with Crippen LogP contribution in [0.1, 0.15) is 38.8 Å². The van der Waals surface area contributed by atoms with E-state index in [1.165, 1.54) is 13.3 Å². The molecule has 1 saturated heterocycles. The number of nitrogens with zero attached hydrogens (tertiary/aromatic N) is 6. The van der Waals surface area contributed by atoms with Crippen LogP contribution in [0.3, 0.4) is 0 Å². The number of rotatable bonds is 9. The summed E-state index contributed by atoms with van der Waals surface area (Å²) in [5.74, 6) is 0.628. The van der Waals surface area contributed by atoms with Crippen molar-refractivity contribution in [2.24, 2.45) is 0 Å². The van der Waals surface area contributed by atoms with Crippen LogP contribution in [0.5, 0.6) is 5.88 Å². The molecule has 13 heteroatoms. The maximum absolute atomic E-state index is 13.4. The Bertz CT molecular complexity index is 1590. The summed E-state index contributed by atoms with van der Waals surface area (Å²) in [6.45, 7) is 12.7. The predicted octanol–water partition coefficient (Wildman–Crippen LogP) is 5.18. The summed E-state index contributed by atoms with van der Waals surface area (Å²) in [6.07, 6.45) is 2.60. The van der Waals surface area contributed by atoms with Crippen molar-refractivity contribution >= 4 is 35.0 Å². The van der Waals surface area contributed by atoms with Gasteiger partial charge in [0, 0.05) is 49.6 Å². The maximum Gasteiger partial charge on any atom is 0.414 e. The van der Waals surface area contributed by atoms with Crippen molar-refractivity contribution in [3.63, 3.8) is 0 Å². The van der Waals surface area contributed by atoms with Gasteiger partial charge in [0.1, 0.15) is 17.4 Å². The number of anilines is 3. The van der Waals surface area contributed by atoms with Gasteiger partial charge >= 0.3 is 6.09 Å². The van der Waals surface area contributed by atoms with E-state index in [2.05, 4.69) is 26.3 Å². The van der Waals surface area contributed by atoms with Crippen LogP contribution in [0.4, 0.5) is 22.1 Å². The molecule has 0 aliphatic carbocycles. The van der Waals surface area contributed by atoms with Crippen molar-refractivity contribution in [3.8, 4) is 23.2 Å². The summed E-state index contributed by atoms with van der Waals surface area (Å²) in [6, 6.07) is 9.44. The number of nitrogens with one attached hydrogen (secondary N) is 1. The fourth-order valence-corrected chi connectivity index (χ4v) is 5.58. The van der Waals surface area contributed by atoms with Crippen molar-refractivity contribution in [1.29, 1.82) is 5.26 Å². The van der Waals surface area contributed by atoms with Gasteiger partial charge in [0.05, 0.1) is 55.5 Å². The van der Waals surface area contributed by atoms with Gasteiger partial charge in [0.2, 0.25) is 11.8 Å². The second kappa shape index (κ2) is 13.5. The highest BCUT2D eigenvalue weighted by Crippen LogP contribution is 2.45. The molecule has 1 fully saturated rings. The molecule has 45 heavy (non-hydrogen) atoms. The molecule has 2 aliphatic heterocycles. The smallest absolute Gasteiger partial charge is 0.414 e. The van der Waals surface area contributed by atoms with Gasteiger partial charge < -0.3 is 24.3 Å². The minimum absolute atomic E-state index is 0.290. The van der Waals surface area contributed by atoms with E-state index in [-0.39, 0.29) is 0 Å². The number of hydrogen-bond acceptors (Lipinski definition) is 11. The summed E-state index contributed by atoms with van der Waals surface area (Å²) >= 11 is 6.15. The molecular formula is C32H38ClN7O5. The summed E-state index contributed by atoms with van der Waals surface area (Å²) < 4.78 is 22.8. The third-order valence-electron chi connectivity index (χ3n) is 7.56. The van der Waals surface area contributed by atoms with Gasteiger partial charge in [-0.2, -0.15) is 5.26 Å². The number of ether oxygens (including phenoxy) is 4. The number of fused-ring (bicyclic) bond motifs is 1. The molecule has 2 aromatic heterocycles. The monoisotopic (exact) mass is 635 g/mol. The second-order valence-corrected chi connectivity index (χ2v) is 12.7. The molecule has 0 bridgehead atoms. The number of aromatic nitrogens is 3. The quantitative estimate of drug-likeness (QED) is 0.312. The number of carbonyl (C=O) groups excluding carboxylic acids is 1. The Morgan fingerprint density at radius 2 is 2.00 bits per heavy atom. The van der Waals surface area contributed by atoms with Crippen LogP contribution in [0.25, 0.3) is 11.3 Å². The number of morpholine rings is 1. The Morgan fingerprint density at radius 1 is 1.22 bits per heavy atom.